The molecule has 0 radical (unpaired) electrons. The summed E-state index contributed by atoms with van der Waals surface area (Å²) in [5, 5.41) is 13.8. The van der Waals surface area contributed by atoms with Gasteiger partial charge in [0.05, 0.1) is 6.20 Å². The maximum atomic E-state index is 12.6. The zero-order valence-electron chi connectivity index (χ0n) is 9.48. The summed E-state index contributed by atoms with van der Waals surface area (Å²) >= 11 is 1.14. The van der Waals surface area contributed by atoms with E-state index < -0.39 is 11.7 Å². The van der Waals surface area contributed by atoms with Crippen LogP contribution in [0.15, 0.2) is 18.3 Å². The molecule has 6 nitrogen and oxygen atoms in total. The second-order valence-corrected chi connectivity index (χ2v) is 4.24. The van der Waals surface area contributed by atoms with Crippen LogP contribution >= 0.6 is 11.3 Å². The van der Waals surface area contributed by atoms with Crippen LogP contribution < -0.4 is 10.6 Å². The predicted molar refractivity (Wildman–Crippen MR) is 66.2 cm³/mol. The van der Waals surface area contributed by atoms with Crippen molar-refractivity contribution in [1.29, 1.82) is 0 Å². The van der Waals surface area contributed by atoms with Gasteiger partial charge in [0.15, 0.2) is 0 Å². The zero-order chi connectivity index (χ0) is 13.0. The lowest BCUT2D eigenvalue weighted by Gasteiger charge is -2.00. The fourth-order valence-electron chi connectivity index (χ4n) is 1.16. The Kier molecular flexibility index (Phi) is 3.78. The molecule has 0 bridgehead atoms. The molecule has 0 aliphatic heterocycles. The number of rotatable bonds is 4. The minimum atomic E-state index is -0.460. The monoisotopic (exact) mass is 267 g/mol. The van der Waals surface area contributed by atoms with Gasteiger partial charge in [-0.3, -0.25) is 4.79 Å². The molecule has 0 fully saturated rings. The molecule has 2 aromatic rings. The first-order valence-corrected chi connectivity index (χ1v) is 6.01. The SMILES string of the molecule is CCNc1nnc(C(=O)Nc2ccc(F)cn2)s1. The van der Waals surface area contributed by atoms with Crippen molar-refractivity contribution in [1.82, 2.24) is 15.2 Å². The van der Waals surface area contributed by atoms with Gasteiger partial charge < -0.3 is 10.6 Å². The van der Waals surface area contributed by atoms with Crippen molar-refractivity contribution in [2.45, 2.75) is 6.92 Å². The molecule has 0 atom stereocenters. The second-order valence-electron chi connectivity index (χ2n) is 3.26. The first kappa shape index (κ1) is 12.4. The molecule has 1 amide bonds. The van der Waals surface area contributed by atoms with Crippen molar-refractivity contribution < 1.29 is 9.18 Å². The number of aromatic nitrogens is 3. The van der Waals surface area contributed by atoms with Gasteiger partial charge in [0, 0.05) is 6.54 Å². The van der Waals surface area contributed by atoms with Crippen LogP contribution in [0.3, 0.4) is 0 Å². The van der Waals surface area contributed by atoms with Crippen LogP contribution in [0.1, 0.15) is 16.7 Å². The molecule has 0 spiro atoms. The van der Waals surface area contributed by atoms with E-state index in [1.165, 1.54) is 12.1 Å². The largest absolute Gasteiger partial charge is 0.360 e. The second kappa shape index (κ2) is 5.50. The van der Waals surface area contributed by atoms with Crippen molar-refractivity contribution >= 4 is 28.2 Å². The molecule has 2 heterocycles. The third-order valence-corrected chi connectivity index (χ3v) is 2.80. The number of hydrogen-bond donors (Lipinski definition) is 2. The highest BCUT2D eigenvalue weighted by molar-refractivity contribution is 7.17. The molecule has 0 saturated carbocycles. The lowest BCUT2D eigenvalue weighted by molar-refractivity contribution is 0.102. The Bertz CT molecular complexity index is 541. The molecule has 94 valence electrons. The average molecular weight is 267 g/mol. The summed E-state index contributed by atoms with van der Waals surface area (Å²) in [7, 11) is 0. The minimum Gasteiger partial charge on any atom is -0.360 e. The van der Waals surface area contributed by atoms with Crippen molar-refractivity contribution in [2.75, 3.05) is 17.2 Å². The number of nitrogens with zero attached hydrogens (tertiary/aromatic N) is 3. The molecule has 0 aromatic carbocycles. The minimum absolute atomic E-state index is 0.220. The Labute approximate surface area is 106 Å². The average Bonchev–Trinajstić information content (AvgIpc) is 2.81. The highest BCUT2D eigenvalue weighted by atomic mass is 32.1. The van der Waals surface area contributed by atoms with Crippen LogP contribution in [-0.2, 0) is 0 Å². The van der Waals surface area contributed by atoms with Crippen LogP contribution in [0.25, 0.3) is 0 Å². The zero-order valence-corrected chi connectivity index (χ0v) is 10.3. The molecule has 0 aliphatic carbocycles. The van der Waals surface area contributed by atoms with Crippen LogP contribution in [0.2, 0.25) is 0 Å². The molecule has 0 saturated heterocycles. The maximum Gasteiger partial charge on any atom is 0.287 e. The Balaban J connectivity index is 2.04. The Morgan fingerprint density at radius 2 is 2.28 bits per heavy atom. The maximum absolute atomic E-state index is 12.6. The van der Waals surface area contributed by atoms with E-state index in [9.17, 15) is 9.18 Å². The van der Waals surface area contributed by atoms with Gasteiger partial charge in [-0.25, -0.2) is 9.37 Å². The van der Waals surface area contributed by atoms with E-state index in [4.69, 9.17) is 0 Å². The molecule has 2 N–H and O–H groups in total. The predicted octanol–water partition coefficient (Wildman–Crippen LogP) is 1.76. The van der Waals surface area contributed by atoms with Gasteiger partial charge in [0.1, 0.15) is 11.6 Å². The molecule has 2 aromatic heterocycles. The quantitative estimate of drug-likeness (QED) is 0.882. The fraction of sp³-hybridized carbons (Fsp3) is 0.200. The standard InChI is InChI=1S/C10H10FN5OS/c1-2-12-10-16-15-9(18-10)8(17)14-7-4-3-6(11)5-13-7/h3-5H,2H2,1H3,(H,12,16)(H,13,14,17). The summed E-state index contributed by atoms with van der Waals surface area (Å²) in [6.45, 7) is 2.62. The number of carbonyl (C=O) groups is 1. The van der Waals surface area contributed by atoms with Crippen LogP contribution in [0.4, 0.5) is 15.3 Å². The number of anilines is 2. The van der Waals surface area contributed by atoms with Crippen molar-refractivity contribution in [3.8, 4) is 0 Å². The smallest absolute Gasteiger partial charge is 0.287 e. The van der Waals surface area contributed by atoms with E-state index in [2.05, 4.69) is 25.8 Å². The van der Waals surface area contributed by atoms with E-state index >= 15 is 0 Å². The summed E-state index contributed by atoms with van der Waals surface area (Å²) in [5.41, 5.74) is 0. The van der Waals surface area contributed by atoms with Gasteiger partial charge in [-0.1, -0.05) is 11.3 Å². The van der Waals surface area contributed by atoms with Gasteiger partial charge >= 0.3 is 0 Å². The van der Waals surface area contributed by atoms with Gasteiger partial charge in [-0.05, 0) is 19.1 Å². The number of amides is 1. The molecular weight excluding hydrogens is 257 g/mol. The van der Waals surface area contributed by atoms with E-state index in [1.807, 2.05) is 6.92 Å². The third kappa shape index (κ3) is 2.98. The summed E-state index contributed by atoms with van der Waals surface area (Å²) < 4.78 is 12.6. The highest BCUT2D eigenvalue weighted by Crippen LogP contribution is 2.16. The Morgan fingerprint density at radius 1 is 1.44 bits per heavy atom. The highest BCUT2D eigenvalue weighted by Gasteiger charge is 2.13. The molecule has 2 rings (SSSR count). The number of hydrogen-bond acceptors (Lipinski definition) is 6. The number of nitrogens with one attached hydrogen (secondary N) is 2. The summed E-state index contributed by atoms with van der Waals surface area (Å²) in [6.07, 6.45) is 1.03. The number of carbonyl (C=O) groups excluding carboxylic acids is 1. The number of halogens is 1. The Morgan fingerprint density at radius 3 is 2.94 bits per heavy atom. The summed E-state index contributed by atoms with van der Waals surface area (Å²) in [5.74, 6) is -0.615. The molecule has 0 aliphatic rings. The van der Waals surface area contributed by atoms with E-state index in [-0.39, 0.29) is 10.8 Å². The van der Waals surface area contributed by atoms with E-state index in [0.29, 0.717) is 11.7 Å². The first-order chi connectivity index (χ1) is 8.69. The Hall–Kier alpha value is -2.09. The number of pyridine rings is 1. The van der Waals surface area contributed by atoms with Crippen molar-refractivity contribution in [3.05, 3.63) is 29.2 Å². The molecule has 8 heteroatoms. The topological polar surface area (TPSA) is 79.8 Å². The normalized spacial score (nSPS) is 10.1. The van der Waals surface area contributed by atoms with Crippen LogP contribution in [0.5, 0.6) is 0 Å². The van der Waals surface area contributed by atoms with Gasteiger partial charge in [0.25, 0.3) is 5.91 Å². The lowest BCUT2D eigenvalue weighted by atomic mass is 10.4. The first-order valence-electron chi connectivity index (χ1n) is 5.19. The van der Waals surface area contributed by atoms with Crippen LogP contribution in [-0.4, -0.2) is 27.6 Å². The van der Waals surface area contributed by atoms with Gasteiger partial charge in [0.2, 0.25) is 10.1 Å². The van der Waals surface area contributed by atoms with Gasteiger partial charge in [-0.15, -0.1) is 10.2 Å². The fourth-order valence-corrected chi connectivity index (χ4v) is 1.86. The molecule has 18 heavy (non-hydrogen) atoms. The van der Waals surface area contributed by atoms with Crippen LogP contribution in [0, 0.1) is 5.82 Å². The summed E-state index contributed by atoms with van der Waals surface area (Å²) in [4.78, 5) is 15.5. The van der Waals surface area contributed by atoms with E-state index in [0.717, 1.165) is 17.5 Å². The third-order valence-electron chi connectivity index (χ3n) is 1.92. The molecule has 0 unspecified atom stereocenters. The molecular formula is C10H10FN5OS. The van der Waals surface area contributed by atoms with Crippen molar-refractivity contribution in [3.63, 3.8) is 0 Å². The van der Waals surface area contributed by atoms with Gasteiger partial charge in [-0.2, -0.15) is 0 Å². The summed E-state index contributed by atoms with van der Waals surface area (Å²) in [6, 6.07) is 2.59. The van der Waals surface area contributed by atoms with Crippen molar-refractivity contribution in [2.24, 2.45) is 0 Å². The lowest BCUT2D eigenvalue weighted by Crippen LogP contribution is -2.12. The van der Waals surface area contributed by atoms with E-state index in [1.54, 1.807) is 0 Å².